The summed E-state index contributed by atoms with van der Waals surface area (Å²) < 4.78 is 14.1. The number of amides is 1. The zero-order valence-corrected chi connectivity index (χ0v) is 12.2. The number of likely N-dealkylation sites (tertiary alicyclic amines) is 1. The molecule has 3 nitrogen and oxygen atoms in total. The highest BCUT2D eigenvalue weighted by Crippen LogP contribution is 2.28. The van der Waals surface area contributed by atoms with Crippen LogP contribution in [0, 0.1) is 11.7 Å². The van der Waals surface area contributed by atoms with Crippen molar-refractivity contribution in [3.8, 4) is 0 Å². The Bertz CT molecular complexity index is 640. The number of hydrogen-bond donors (Lipinski definition) is 1. The smallest absolute Gasteiger partial charge is 0.263 e. The molecule has 1 aromatic carbocycles. The van der Waals surface area contributed by atoms with Gasteiger partial charge in [-0.05, 0) is 55.6 Å². The van der Waals surface area contributed by atoms with Crippen LogP contribution in [0.2, 0.25) is 0 Å². The van der Waals surface area contributed by atoms with Gasteiger partial charge < -0.3 is 10.2 Å². The quantitative estimate of drug-likeness (QED) is 0.943. The molecule has 1 aromatic heterocycles. The van der Waals surface area contributed by atoms with Crippen molar-refractivity contribution in [1.29, 1.82) is 0 Å². The van der Waals surface area contributed by atoms with E-state index in [1.54, 1.807) is 12.1 Å². The van der Waals surface area contributed by atoms with E-state index < -0.39 is 0 Å². The van der Waals surface area contributed by atoms with Crippen LogP contribution < -0.4 is 5.32 Å². The zero-order valence-electron chi connectivity index (χ0n) is 11.4. The number of fused-ring (bicyclic) bond motifs is 1. The highest BCUT2D eigenvalue weighted by atomic mass is 32.1. The molecular weight excluding hydrogens is 275 g/mol. The van der Waals surface area contributed by atoms with Crippen molar-refractivity contribution >= 4 is 27.3 Å². The summed E-state index contributed by atoms with van der Waals surface area (Å²) in [5.74, 6) is 0.352. The van der Waals surface area contributed by atoms with Crippen molar-refractivity contribution in [3.05, 3.63) is 35.0 Å². The summed E-state index contributed by atoms with van der Waals surface area (Å²) >= 11 is 1.44. The average molecular weight is 292 g/mol. The maximum absolute atomic E-state index is 13.2. The molecule has 0 unspecified atom stereocenters. The third-order valence-electron chi connectivity index (χ3n) is 3.75. The third-order valence-corrected chi connectivity index (χ3v) is 4.86. The normalized spacial score (nSPS) is 18.9. The second-order valence-electron chi connectivity index (χ2n) is 5.26. The van der Waals surface area contributed by atoms with Gasteiger partial charge in [0.25, 0.3) is 5.91 Å². The van der Waals surface area contributed by atoms with Crippen LogP contribution in [0.3, 0.4) is 0 Å². The van der Waals surface area contributed by atoms with Gasteiger partial charge in [-0.3, -0.25) is 4.79 Å². The minimum atomic E-state index is -0.260. The summed E-state index contributed by atoms with van der Waals surface area (Å²) in [4.78, 5) is 15.1. The van der Waals surface area contributed by atoms with Gasteiger partial charge in [-0.25, -0.2) is 4.39 Å². The molecule has 2 heterocycles. The molecule has 1 aliphatic rings. The second-order valence-corrected chi connectivity index (χ2v) is 6.34. The molecule has 5 heteroatoms. The molecule has 0 bridgehead atoms. The lowest BCUT2D eigenvalue weighted by molar-refractivity contribution is 0.0792. The van der Waals surface area contributed by atoms with E-state index in [2.05, 4.69) is 5.32 Å². The predicted molar refractivity (Wildman–Crippen MR) is 79.7 cm³/mol. The Morgan fingerprint density at radius 2 is 2.35 bits per heavy atom. The third kappa shape index (κ3) is 2.55. The van der Waals surface area contributed by atoms with Crippen LogP contribution in [-0.4, -0.2) is 37.5 Å². The van der Waals surface area contributed by atoms with E-state index in [9.17, 15) is 9.18 Å². The van der Waals surface area contributed by atoms with Crippen molar-refractivity contribution in [3.63, 3.8) is 0 Å². The van der Waals surface area contributed by atoms with Crippen molar-refractivity contribution in [2.75, 3.05) is 26.7 Å². The number of hydrogen-bond acceptors (Lipinski definition) is 3. The Hall–Kier alpha value is -1.46. The molecule has 1 N–H and O–H groups in total. The molecule has 20 heavy (non-hydrogen) atoms. The minimum Gasteiger partial charge on any atom is -0.338 e. The van der Waals surface area contributed by atoms with E-state index in [1.807, 2.05) is 11.9 Å². The molecular formula is C15H17FN2OS. The number of rotatable bonds is 3. The van der Waals surface area contributed by atoms with Gasteiger partial charge >= 0.3 is 0 Å². The molecule has 3 rings (SSSR count). The Kier molecular flexibility index (Phi) is 3.72. The van der Waals surface area contributed by atoms with Crippen LogP contribution >= 0.6 is 11.3 Å². The first-order valence-electron chi connectivity index (χ1n) is 6.80. The standard InChI is InChI=1S/C15H17FN2OS/c1-17-8-10-4-5-18(9-10)15(19)14-7-11-6-12(16)2-3-13(11)20-14/h2-3,6-7,10,17H,4-5,8-9H2,1H3/t10-/m0/s1. The molecule has 1 amide bonds. The van der Waals surface area contributed by atoms with Crippen LogP contribution in [-0.2, 0) is 0 Å². The van der Waals surface area contributed by atoms with Crippen LogP contribution in [0.15, 0.2) is 24.3 Å². The summed E-state index contributed by atoms with van der Waals surface area (Å²) in [6.07, 6.45) is 1.05. The van der Waals surface area contributed by atoms with Gasteiger partial charge in [-0.2, -0.15) is 0 Å². The SMILES string of the molecule is CNC[C@@H]1CCN(C(=O)c2cc3cc(F)ccc3s2)C1. The van der Waals surface area contributed by atoms with Crippen LogP contribution in [0.4, 0.5) is 4.39 Å². The van der Waals surface area contributed by atoms with Crippen LogP contribution in [0.5, 0.6) is 0 Å². The van der Waals surface area contributed by atoms with Gasteiger partial charge in [-0.15, -0.1) is 11.3 Å². The Morgan fingerprint density at radius 1 is 1.50 bits per heavy atom. The summed E-state index contributed by atoms with van der Waals surface area (Å²) in [6, 6.07) is 6.46. The summed E-state index contributed by atoms with van der Waals surface area (Å²) in [6.45, 7) is 2.57. The summed E-state index contributed by atoms with van der Waals surface area (Å²) in [5.41, 5.74) is 0. The average Bonchev–Trinajstić information content (AvgIpc) is 3.04. The number of nitrogens with zero attached hydrogens (tertiary/aromatic N) is 1. The monoisotopic (exact) mass is 292 g/mol. The maximum atomic E-state index is 13.2. The molecule has 1 atom stereocenters. The highest BCUT2D eigenvalue weighted by molar-refractivity contribution is 7.20. The van der Waals surface area contributed by atoms with Crippen molar-refractivity contribution in [2.24, 2.45) is 5.92 Å². The van der Waals surface area contributed by atoms with E-state index in [1.165, 1.54) is 23.5 Å². The van der Waals surface area contributed by atoms with Gasteiger partial charge in [0.15, 0.2) is 0 Å². The lowest BCUT2D eigenvalue weighted by Gasteiger charge is -2.15. The number of carbonyl (C=O) groups is 1. The molecule has 0 radical (unpaired) electrons. The number of benzene rings is 1. The summed E-state index contributed by atoms with van der Waals surface area (Å²) in [7, 11) is 1.94. The summed E-state index contributed by atoms with van der Waals surface area (Å²) in [5, 5.41) is 3.97. The van der Waals surface area contributed by atoms with Crippen molar-refractivity contribution < 1.29 is 9.18 Å². The first-order valence-corrected chi connectivity index (χ1v) is 7.62. The Morgan fingerprint density at radius 3 is 3.15 bits per heavy atom. The van der Waals surface area contributed by atoms with Gasteiger partial charge in [0.1, 0.15) is 5.82 Å². The number of halogens is 1. The van der Waals surface area contributed by atoms with Crippen molar-refractivity contribution in [1.82, 2.24) is 10.2 Å². The first kappa shape index (κ1) is 13.5. The van der Waals surface area contributed by atoms with Gasteiger partial charge in [0.2, 0.25) is 0 Å². The highest BCUT2D eigenvalue weighted by Gasteiger charge is 2.27. The van der Waals surface area contributed by atoms with E-state index in [4.69, 9.17) is 0 Å². The van der Waals surface area contributed by atoms with Crippen LogP contribution in [0.25, 0.3) is 10.1 Å². The second kappa shape index (κ2) is 5.50. The Balaban J connectivity index is 1.79. The fourth-order valence-electron chi connectivity index (χ4n) is 2.75. The lowest BCUT2D eigenvalue weighted by atomic mass is 10.1. The topological polar surface area (TPSA) is 32.3 Å². The maximum Gasteiger partial charge on any atom is 0.263 e. The minimum absolute atomic E-state index is 0.0743. The van der Waals surface area contributed by atoms with E-state index in [-0.39, 0.29) is 11.7 Å². The van der Waals surface area contributed by atoms with E-state index in [0.717, 1.165) is 36.1 Å². The molecule has 2 aromatic rings. The number of carbonyl (C=O) groups excluding carboxylic acids is 1. The van der Waals surface area contributed by atoms with E-state index >= 15 is 0 Å². The largest absolute Gasteiger partial charge is 0.338 e. The molecule has 1 aliphatic heterocycles. The molecule has 0 saturated carbocycles. The number of thiophene rings is 1. The van der Waals surface area contributed by atoms with Gasteiger partial charge in [0.05, 0.1) is 4.88 Å². The van der Waals surface area contributed by atoms with Gasteiger partial charge in [-0.1, -0.05) is 0 Å². The van der Waals surface area contributed by atoms with Crippen LogP contribution in [0.1, 0.15) is 16.1 Å². The Labute approximate surface area is 121 Å². The fourth-order valence-corrected chi connectivity index (χ4v) is 3.76. The number of nitrogens with one attached hydrogen (secondary N) is 1. The van der Waals surface area contributed by atoms with E-state index in [0.29, 0.717) is 10.8 Å². The lowest BCUT2D eigenvalue weighted by Crippen LogP contribution is -2.29. The molecule has 1 saturated heterocycles. The molecule has 0 aliphatic carbocycles. The van der Waals surface area contributed by atoms with Crippen molar-refractivity contribution in [2.45, 2.75) is 6.42 Å². The predicted octanol–water partition coefficient (Wildman–Crippen LogP) is 2.72. The fraction of sp³-hybridized carbons (Fsp3) is 0.400. The molecule has 106 valence electrons. The molecule has 1 fully saturated rings. The zero-order chi connectivity index (χ0) is 14.1. The van der Waals surface area contributed by atoms with Gasteiger partial charge in [0, 0.05) is 17.8 Å². The first-order chi connectivity index (χ1) is 9.67. The molecule has 0 spiro atoms.